The first-order valence-corrected chi connectivity index (χ1v) is 5.64. The van der Waals surface area contributed by atoms with E-state index in [0.29, 0.717) is 5.75 Å². The summed E-state index contributed by atoms with van der Waals surface area (Å²) in [5.41, 5.74) is 0.972. The molecule has 0 saturated heterocycles. The summed E-state index contributed by atoms with van der Waals surface area (Å²) in [5.74, 6) is 0.615. The Bertz CT molecular complexity index is 383. The van der Waals surface area contributed by atoms with Crippen molar-refractivity contribution >= 4 is 39.9 Å². The minimum Gasteiger partial charge on any atom is -0.436 e. The molecular formula is C11H12Cl2OS. The molecule has 1 aromatic rings. The zero-order valence-corrected chi connectivity index (χ0v) is 11.1. The van der Waals surface area contributed by atoms with Gasteiger partial charge in [0.15, 0.2) is 0 Å². The van der Waals surface area contributed by atoms with Crippen molar-refractivity contribution in [3.8, 4) is 5.75 Å². The van der Waals surface area contributed by atoms with E-state index in [2.05, 4.69) is 33.0 Å². The topological polar surface area (TPSA) is 9.23 Å². The van der Waals surface area contributed by atoms with E-state index in [1.54, 1.807) is 12.1 Å². The molecule has 0 aliphatic carbocycles. The lowest BCUT2D eigenvalue weighted by atomic mass is 9.87. The molecule has 0 unspecified atom stereocenters. The van der Waals surface area contributed by atoms with Crippen LogP contribution >= 0.6 is 35.4 Å². The van der Waals surface area contributed by atoms with Gasteiger partial charge in [0.05, 0.1) is 0 Å². The molecule has 0 aliphatic heterocycles. The zero-order valence-electron chi connectivity index (χ0n) is 8.80. The Morgan fingerprint density at radius 3 is 2.40 bits per heavy atom. The Labute approximate surface area is 105 Å². The maximum Gasteiger partial charge on any atom is 0.260 e. The third-order valence-corrected chi connectivity index (χ3v) is 2.43. The van der Waals surface area contributed by atoms with Gasteiger partial charge in [-0.05, 0) is 53.0 Å². The van der Waals surface area contributed by atoms with E-state index in [-0.39, 0.29) is 9.92 Å². The Balaban J connectivity index is 3.11. The summed E-state index contributed by atoms with van der Waals surface area (Å²) in [5, 5.41) is 0.718. The van der Waals surface area contributed by atoms with Crippen molar-refractivity contribution in [2.24, 2.45) is 0 Å². The molecule has 0 amide bonds. The van der Waals surface area contributed by atoms with Gasteiger partial charge in [0.1, 0.15) is 5.75 Å². The minimum absolute atomic E-state index is 0.0165. The van der Waals surface area contributed by atoms with Gasteiger partial charge >= 0.3 is 0 Å². The highest BCUT2D eigenvalue weighted by Crippen LogP contribution is 2.32. The molecule has 82 valence electrons. The highest BCUT2D eigenvalue weighted by molar-refractivity contribution is 7.82. The summed E-state index contributed by atoms with van der Waals surface area (Å²) in [7, 11) is 0. The number of benzene rings is 1. The Morgan fingerprint density at radius 1 is 1.33 bits per heavy atom. The van der Waals surface area contributed by atoms with Crippen molar-refractivity contribution in [3.05, 3.63) is 28.8 Å². The third-order valence-electron chi connectivity index (χ3n) is 1.94. The second-order valence-corrected chi connectivity index (χ2v) is 5.58. The molecule has 15 heavy (non-hydrogen) atoms. The van der Waals surface area contributed by atoms with Gasteiger partial charge in [-0.25, -0.2) is 0 Å². The molecule has 0 N–H and O–H groups in total. The summed E-state index contributed by atoms with van der Waals surface area (Å²) in [6.07, 6.45) is 0. The molecule has 0 spiro atoms. The van der Waals surface area contributed by atoms with Crippen LogP contribution in [-0.4, -0.2) is 4.51 Å². The molecule has 0 aromatic heterocycles. The first kappa shape index (κ1) is 12.8. The molecule has 0 aliphatic rings. The molecule has 0 fully saturated rings. The molecule has 0 saturated carbocycles. The number of hydrogen-bond donors (Lipinski definition) is 0. The largest absolute Gasteiger partial charge is 0.436 e. The van der Waals surface area contributed by atoms with Gasteiger partial charge in [-0.1, -0.05) is 32.4 Å². The van der Waals surface area contributed by atoms with Crippen LogP contribution in [-0.2, 0) is 5.41 Å². The Morgan fingerprint density at radius 2 is 1.93 bits per heavy atom. The van der Waals surface area contributed by atoms with Crippen LogP contribution < -0.4 is 4.74 Å². The van der Waals surface area contributed by atoms with Gasteiger partial charge in [-0.15, -0.1) is 0 Å². The summed E-state index contributed by atoms with van der Waals surface area (Å²) in [6, 6.07) is 5.38. The van der Waals surface area contributed by atoms with E-state index in [0.717, 1.165) is 10.6 Å². The second-order valence-electron chi connectivity index (χ2n) is 4.23. The summed E-state index contributed by atoms with van der Waals surface area (Å²) >= 11 is 16.2. The van der Waals surface area contributed by atoms with E-state index in [1.807, 2.05) is 6.07 Å². The van der Waals surface area contributed by atoms with Gasteiger partial charge in [-0.3, -0.25) is 0 Å². The quantitative estimate of drug-likeness (QED) is 0.543. The highest BCUT2D eigenvalue weighted by Gasteiger charge is 2.18. The fourth-order valence-electron chi connectivity index (χ4n) is 1.24. The van der Waals surface area contributed by atoms with Crippen molar-refractivity contribution in [2.45, 2.75) is 26.2 Å². The average Bonchev–Trinajstić information content (AvgIpc) is 2.05. The van der Waals surface area contributed by atoms with E-state index in [1.165, 1.54) is 0 Å². The van der Waals surface area contributed by atoms with Crippen LogP contribution in [0.15, 0.2) is 18.2 Å². The van der Waals surface area contributed by atoms with Crippen LogP contribution in [0.4, 0.5) is 0 Å². The predicted octanol–water partition coefficient (Wildman–Crippen LogP) is 4.54. The fraction of sp³-hybridized carbons (Fsp3) is 0.364. The number of ether oxygens (including phenoxy) is 1. The van der Waals surface area contributed by atoms with Gasteiger partial charge in [0.2, 0.25) is 0 Å². The van der Waals surface area contributed by atoms with Crippen molar-refractivity contribution in [1.82, 2.24) is 0 Å². The highest BCUT2D eigenvalue weighted by atomic mass is 35.5. The molecule has 1 nitrogen and oxygen atoms in total. The molecule has 0 heterocycles. The van der Waals surface area contributed by atoms with Crippen molar-refractivity contribution in [3.63, 3.8) is 0 Å². The normalized spacial score (nSPS) is 11.3. The molecule has 1 rings (SSSR count). The minimum atomic E-state index is -0.0373. The van der Waals surface area contributed by atoms with Crippen LogP contribution in [0.3, 0.4) is 0 Å². The Hall–Kier alpha value is -0.310. The molecule has 0 bridgehead atoms. The van der Waals surface area contributed by atoms with Gasteiger partial charge in [0, 0.05) is 5.02 Å². The monoisotopic (exact) mass is 262 g/mol. The van der Waals surface area contributed by atoms with Crippen molar-refractivity contribution < 1.29 is 4.74 Å². The lowest BCUT2D eigenvalue weighted by Gasteiger charge is -2.21. The predicted molar refractivity (Wildman–Crippen MR) is 69.2 cm³/mol. The van der Waals surface area contributed by atoms with E-state index < -0.39 is 0 Å². The third kappa shape index (κ3) is 3.63. The van der Waals surface area contributed by atoms with Crippen molar-refractivity contribution in [1.29, 1.82) is 0 Å². The summed E-state index contributed by atoms with van der Waals surface area (Å²) in [4.78, 5) is 0. The molecule has 0 atom stereocenters. The van der Waals surface area contributed by atoms with Crippen LogP contribution in [0.25, 0.3) is 0 Å². The number of rotatable bonds is 1. The number of thiocarbonyl (C=S) groups is 1. The van der Waals surface area contributed by atoms with Gasteiger partial charge < -0.3 is 4.74 Å². The van der Waals surface area contributed by atoms with Crippen LogP contribution in [0.2, 0.25) is 5.02 Å². The maximum atomic E-state index is 6.10. The van der Waals surface area contributed by atoms with Crippen LogP contribution in [0.1, 0.15) is 26.3 Å². The van der Waals surface area contributed by atoms with Crippen LogP contribution in [0, 0.1) is 0 Å². The molecule has 1 aromatic carbocycles. The van der Waals surface area contributed by atoms with Gasteiger partial charge in [-0.2, -0.15) is 0 Å². The lowest BCUT2D eigenvalue weighted by molar-refractivity contribution is 0.559. The lowest BCUT2D eigenvalue weighted by Crippen LogP contribution is -2.12. The number of halogens is 2. The molecule has 0 radical (unpaired) electrons. The van der Waals surface area contributed by atoms with Crippen molar-refractivity contribution in [2.75, 3.05) is 0 Å². The Kier molecular flexibility index (Phi) is 3.99. The van der Waals surface area contributed by atoms with E-state index in [4.69, 9.17) is 27.9 Å². The SMILES string of the molecule is CC(C)(C)c1cc(OC(=S)Cl)ccc1Cl. The number of hydrogen-bond acceptors (Lipinski definition) is 2. The van der Waals surface area contributed by atoms with Crippen LogP contribution in [0.5, 0.6) is 5.75 Å². The maximum absolute atomic E-state index is 6.10. The second kappa shape index (κ2) is 4.69. The first-order valence-electron chi connectivity index (χ1n) is 4.48. The summed E-state index contributed by atoms with van der Waals surface area (Å²) in [6.45, 7) is 6.24. The summed E-state index contributed by atoms with van der Waals surface area (Å²) < 4.78 is 5.13. The van der Waals surface area contributed by atoms with Gasteiger partial charge in [0.25, 0.3) is 4.51 Å². The smallest absolute Gasteiger partial charge is 0.260 e. The molecular weight excluding hydrogens is 251 g/mol. The van der Waals surface area contributed by atoms with E-state index in [9.17, 15) is 0 Å². The standard InChI is InChI=1S/C11H12Cl2OS/c1-11(2,3)8-6-7(14-10(13)15)4-5-9(8)12/h4-6H,1-3H3. The molecule has 4 heteroatoms. The first-order chi connectivity index (χ1) is 6.80. The average molecular weight is 263 g/mol. The zero-order chi connectivity index (χ0) is 11.6. The fourth-order valence-corrected chi connectivity index (χ4v) is 1.82. The van der Waals surface area contributed by atoms with E-state index >= 15 is 0 Å².